The third-order valence-corrected chi connectivity index (χ3v) is 5.87. The van der Waals surface area contributed by atoms with Gasteiger partial charge in [0.15, 0.2) is 0 Å². The molecule has 3 aliphatic rings. The van der Waals surface area contributed by atoms with Gasteiger partial charge in [-0.25, -0.2) is 0 Å². The van der Waals surface area contributed by atoms with Gasteiger partial charge in [-0.15, -0.1) is 0 Å². The number of hydrogen-bond acceptors (Lipinski definition) is 2. The van der Waals surface area contributed by atoms with Crippen LogP contribution in [0, 0.1) is 5.41 Å². The average Bonchev–Trinajstić information content (AvgIpc) is 2.15. The Kier molecular flexibility index (Phi) is 2.53. The van der Waals surface area contributed by atoms with Gasteiger partial charge in [-0.1, -0.05) is 19.3 Å². The highest BCUT2D eigenvalue weighted by Gasteiger charge is 2.47. The zero-order valence-corrected chi connectivity index (χ0v) is 9.74. The Labute approximate surface area is 91.4 Å². The minimum atomic E-state index is 0.762. The van der Waals surface area contributed by atoms with E-state index in [9.17, 15) is 0 Å². The van der Waals surface area contributed by atoms with Gasteiger partial charge in [0.25, 0.3) is 0 Å². The Morgan fingerprint density at radius 3 is 2.29 bits per heavy atom. The van der Waals surface area contributed by atoms with E-state index in [0.717, 1.165) is 17.5 Å². The quantitative estimate of drug-likeness (QED) is 0.754. The highest BCUT2D eigenvalue weighted by Crippen LogP contribution is 2.52. The second-order valence-corrected chi connectivity index (χ2v) is 6.49. The molecule has 2 aliphatic carbocycles. The Morgan fingerprint density at radius 2 is 1.79 bits per heavy atom. The maximum Gasteiger partial charge on any atom is 0.0251 e. The molecule has 1 aliphatic heterocycles. The van der Waals surface area contributed by atoms with Crippen molar-refractivity contribution in [2.24, 2.45) is 5.41 Å². The largest absolute Gasteiger partial charge is 0.309 e. The summed E-state index contributed by atoms with van der Waals surface area (Å²) in [5.74, 6) is 2.74. The van der Waals surface area contributed by atoms with Gasteiger partial charge in [-0.05, 0) is 31.1 Å². The molecule has 1 atom stereocenters. The van der Waals surface area contributed by atoms with E-state index in [1.807, 2.05) is 0 Å². The van der Waals surface area contributed by atoms with Crippen LogP contribution in [0.15, 0.2) is 0 Å². The first-order chi connectivity index (χ1) is 6.89. The van der Waals surface area contributed by atoms with Crippen molar-refractivity contribution in [1.82, 2.24) is 5.32 Å². The lowest BCUT2D eigenvalue weighted by Crippen LogP contribution is -2.59. The summed E-state index contributed by atoms with van der Waals surface area (Å²) in [7, 11) is 0. The Balaban J connectivity index is 1.57. The molecule has 80 valence electrons. The van der Waals surface area contributed by atoms with Crippen LogP contribution in [0.5, 0.6) is 0 Å². The lowest BCUT2D eigenvalue weighted by molar-refractivity contribution is 0.0187. The van der Waals surface area contributed by atoms with Gasteiger partial charge < -0.3 is 5.32 Å². The van der Waals surface area contributed by atoms with E-state index in [1.165, 1.54) is 56.5 Å². The van der Waals surface area contributed by atoms with Crippen molar-refractivity contribution in [1.29, 1.82) is 0 Å². The molecule has 1 nitrogen and oxygen atoms in total. The first-order valence-corrected chi connectivity index (χ1v) is 7.38. The van der Waals surface area contributed by atoms with Gasteiger partial charge in [0.05, 0.1) is 0 Å². The van der Waals surface area contributed by atoms with E-state index >= 15 is 0 Å². The normalized spacial score (nSPS) is 36.4. The number of nitrogens with one attached hydrogen (secondary N) is 1. The minimum absolute atomic E-state index is 0.762. The second kappa shape index (κ2) is 3.71. The molecule has 1 saturated heterocycles. The van der Waals surface area contributed by atoms with E-state index < -0.39 is 0 Å². The first-order valence-electron chi connectivity index (χ1n) is 6.23. The van der Waals surface area contributed by atoms with Crippen molar-refractivity contribution >= 4 is 11.8 Å². The van der Waals surface area contributed by atoms with E-state index in [-0.39, 0.29) is 0 Å². The van der Waals surface area contributed by atoms with Gasteiger partial charge in [-0.2, -0.15) is 11.8 Å². The van der Waals surface area contributed by atoms with Crippen molar-refractivity contribution < 1.29 is 0 Å². The molecule has 0 amide bonds. The van der Waals surface area contributed by atoms with E-state index in [0.29, 0.717) is 0 Å². The molecule has 2 saturated carbocycles. The summed E-state index contributed by atoms with van der Waals surface area (Å²) >= 11 is 2.09. The molecule has 0 aromatic heterocycles. The lowest BCUT2D eigenvalue weighted by atomic mass is 9.57. The van der Waals surface area contributed by atoms with Crippen molar-refractivity contribution in [3.05, 3.63) is 0 Å². The van der Waals surface area contributed by atoms with Crippen molar-refractivity contribution in [3.63, 3.8) is 0 Å². The van der Waals surface area contributed by atoms with Gasteiger partial charge in [-0.3, -0.25) is 0 Å². The Hall–Kier alpha value is 0.310. The predicted molar refractivity (Wildman–Crippen MR) is 62.8 cm³/mol. The molecule has 1 heterocycles. The summed E-state index contributed by atoms with van der Waals surface area (Å²) in [6.07, 6.45) is 10.5. The van der Waals surface area contributed by atoms with E-state index in [2.05, 4.69) is 17.1 Å². The van der Waals surface area contributed by atoms with Crippen molar-refractivity contribution in [3.8, 4) is 0 Å². The topological polar surface area (TPSA) is 12.0 Å². The SMILES string of the molecule is C1CCC2(CC1)CCC2NC1CSC1. The molecule has 1 spiro atoms. The predicted octanol–water partition coefficient (Wildman–Crippen LogP) is 2.80. The zero-order chi connectivity index (χ0) is 9.43. The van der Waals surface area contributed by atoms with Crippen LogP contribution in [-0.2, 0) is 0 Å². The van der Waals surface area contributed by atoms with Crippen LogP contribution in [0.3, 0.4) is 0 Å². The standard InChI is InChI=1S/C12H21NS/c1-2-5-12(6-3-1)7-4-11(12)13-10-8-14-9-10/h10-11,13H,1-9H2. The molecule has 14 heavy (non-hydrogen) atoms. The second-order valence-electron chi connectivity index (χ2n) is 5.42. The van der Waals surface area contributed by atoms with Crippen LogP contribution >= 0.6 is 11.8 Å². The maximum atomic E-state index is 3.89. The Morgan fingerprint density at radius 1 is 1.00 bits per heavy atom. The molecule has 1 N–H and O–H groups in total. The van der Waals surface area contributed by atoms with E-state index in [4.69, 9.17) is 0 Å². The van der Waals surface area contributed by atoms with Gasteiger partial charge in [0, 0.05) is 23.6 Å². The van der Waals surface area contributed by atoms with E-state index in [1.54, 1.807) is 0 Å². The van der Waals surface area contributed by atoms with Gasteiger partial charge in [0.2, 0.25) is 0 Å². The third kappa shape index (κ3) is 1.51. The molecule has 3 fully saturated rings. The van der Waals surface area contributed by atoms with Crippen LogP contribution in [0.4, 0.5) is 0 Å². The number of thioether (sulfide) groups is 1. The molecule has 0 aromatic rings. The van der Waals surface area contributed by atoms with Gasteiger partial charge in [0.1, 0.15) is 0 Å². The molecular weight excluding hydrogens is 190 g/mol. The van der Waals surface area contributed by atoms with Gasteiger partial charge >= 0.3 is 0 Å². The minimum Gasteiger partial charge on any atom is -0.309 e. The third-order valence-electron chi connectivity index (χ3n) is 4.59. The fourth-order valence-electron chi connectivity index (χ4n) is 3.43. The molecular formula is C12H21NS. The summed E-state index contributed by atoms with van der Waals surface area (Å²) in [6, 6.07) is 1.76. The summed E-state index contributed by atoms with van der Waals surface area (Å²) < 4.78 is 0. The fraction of sp³-hybridized carbons (Fsp3) is 1.00. The summed E-state index contributed by atoms with van der Waals surface area (Å²) in [5.41, 5.74) is 0.762. The van der Waals surface area contributed by atoms with Crippen molar-refractivity contribution in [2.45, 2.75) is 57.0 Å². The summed E-state index contributed by atoms with van der Waals surface area (Å²) in [5, 5.41) is 3.89. The highest BCUT2D eigenvalue weighted by molar-refractivity contribution is 8.00. The maximum absolute atomic E-state index is 3.89. The molecule has 0 radical (unpaired) electrons. The van der Waals surface area contributed by atoms with Crippen LogP contribution < -0.4 is 5.32 Å². The van der Waals surface area contributed by atoms with Crippen LogP contribution in [0.1, 0.15) is 44.9 Å². The average molecular weight is 211 g/mol. The number of hydrogen-bond donors (Lipinski definition) is 1. The smallest absolute Gasteiger partial charge is 0.0251 e. The summed E-state index contributed by atoms with van der Waals surface area (Å²) in [6.45, 7) is 0. The molecule has 3 rings (SSSR count). The first kappa shape index (κ1) is 9.53. The zero-order valence-electron chi connectivity index (χ0n) is 8.93. The van der Waals surface area contributed by atoms with Crippen LogP contribution in [-0.4, -0.2) is 23.6 Å². The lowest BCUT2D eigenvalue weighted by Gasteiger charge is -2.54. The molecule has 2 heteroatoms. The highest BCUT2D eigenvalue weighted by atomic mass is 32.2. The monoisotopic (exact) mass is 211 g/mol. The Bertz CT molecular complexity index is 206. The molecule has 0 aromatic carbocycles. The van der Waals surface area contributed by atoms with Crippen molar-refractivity contribution in [2.75, 3.05) is 11.5 Å². The summed E-state index contributed by atoms with van der Waals surface area (Å²) in [4.78, 5) is 0. The van der Waals surface area contributed by atoms with Crippen LogP contribution in [0.2, 0.25) is 0 Å². The molecule has 0 bridgehead atoms. The van der Waals surface area contributed by atoms with Crippen LogP contribution in [0.25, 0.3) is 0 Å². The fourth-order valence-corrected chi connectivity index (χ4v) is 4.09. The number of rotatable bonds is 2. The molecule has 1 unspecified atom stereocenters.